The largest absolute Gasteiger partial charge is 0.459 e. The molecule has 4 heteroatoms. The van der Waals surface area contributed by atoms with Gasteiger partial charge in [0.25, 0.3) is 5.91 Å². The molecule has 0 spiro atoms. The van der Waals surface area contributed by atoms with Gasteiger partial charge in [-0.3, -0.25) is 4.79 Å². The molecule has 0 N–H and O–H groups in total. The van der Waals surface area contributed by atoms with E-state index < -0.39 is 0 Å². The fourth-order valence-corrected chi connectivity index (χ4v) is 5.36. The second-order valence-electron chi connectivity index (χ2n) is 8.95. The molecule has 3 aromatic rings. The van der Waals surface area contributed by atoms with Gasteiger partial charge < -0.3 is 14.2 Å². The lowest BCUT2D eigenvalue weighted by Gasteiger charge is -2.34. The van der Waals surface area contributed by atoms with E-state index in [1.165, 1.54) is 24.0 Å². The number of hydrogen-bond acceptors (Lipinski definition) is 3. The summed E-state index contributed by atoms with van der Waals surface area (Å²) in [7, 11) is 0. The number of nitrogens with zero attached hydrogens (tertiary/aromatic N) is 2. The molecule has 2 atom stereocenters. The molecule has 2 aromatic carbocycles. The molecule has 0 bridgehead atoms. The van der Waals surface area contributed by atoms with E-state index in [1.54, 1.807) is 18.4 Å². The Morgan fingerprint density at radius 2 is 1.52 bits per heavy atom. The van der Waals surface area contributed by atoms with Crippen LogP contribution in [0.25, 0.3) is 0 Å². The highest BCUT2D eigenvalue weighted by atomic mass is 16.3. The molecule has 3 heterocycles. The molecule has 0 aliphatic carbocycles. The van der Waals surface area contributed by atoms with Crippen LogP contribution in [0.1, 0.15) is 46.4 Å². The van der Waals surface area contributed by atoms with E-state index in [0.29, 0.717) is 23.5 Å². The zero-order chi connectivity index (χ0) is 21.0. The molecule has 0 radical (unpaired) electrons. The minimum atomic E-state index is 0.0104. The molecule has 0 unspecified atom stereocenters. The summed E-state index contributed by atoms with van der Waals surface area (Å²) in [5.41, 5.74) is 2.81. The first kappa shape index (κ1) is 20.1. The fraction of sp³-hybridized carbons (Fsp3) is 0.370. The Morgan fingerprint density at radius 3 is 2.16 bits per heavy atom. The summed E-state index contributed by atoms with van der Waals surface area (Å²) in [6.07, 6.45) is 4.00. The molecular formula is C27H30N2O2. The first-order valence-electron chi connectivity index (χ1n) is 11.4. The van der Waals surface area contributed by atoms with Crippen LogP contribution in [0.15, 0.2) is 83.5 Å². The number of hydrogen-bond donors (Lipinski definition) is 0. The Kier molecular flexibility index (Phi) is 5.90. The van der Waals surface area contributed by atoms with Gasteiger partial charge in [-0.2, -0.15) is 0 Å². The number of likely N-dealkylation sites (tertiary alicyclic amines) is 2. The first-order chi connectivity index (χ1) is 15.3. The van der Waals surface area contributed by atoms with E-state index in [1.807, 2.05) is 4.90 Å². The van der Waals surface area contributed by atoms with Crippen molar-refractivity contribution in [1.29, 1.82) is 0 Å². The molecular weight excluding hydrogens is 384 g/mol. The Balaban J connectivity index is 1.27. The van der Waals surface area contributed by atoms with Crippen LogP contribution in [0.2, 0.25) is 0 Å². The molecule has 4 nitrogen and oxygen atoms in total. The zero-order valence-electron chi connectivity index (χ0n) is 17.9. The molecule has 1 amide bonds. The Morgan fingerprint density at radius 1 is 0.839 bits per heavy atom. The summed E-state index contributed by atoms with van der Waals surface area (Å²) in [4.78, 5) is 17.5. The van der Waals surface area contributed by atoms with E-state index in [0.717, 1.165) is 32.7 Å². The zero-order valence-corrected chi connectivity index (χ0v) is 17.9. The summed E-state index contributed by atoms with van der Waals surface area (Å²) < 4.78 is 5.39. The van der Waals surface area contributed by atoms with Crippen LogP contribution >= 0.6 is 0 Å². The summed E-state index contributed by atoms with van der Waals surface area (Å²) >= 11 is 0. The lowest BCUT2D eigenvalue weighted by atomic mass is 9.86. The van der Waals surface area contributed by atoms with Crippen molar-refractivity contribution >= 4 is 5.91 Å². The number of amides is 1. The fourth-order valence-electron chi connectivity index (χ4n) is 5.36. The predicted molar refractivity (Wildman–Crippen MR) is 122 cm³/mol. The van der Waals surface area contributed by atoms with E-state index in [4.69, 9.17) is 4.42 Å². The van der Waals surface area contributed by atoms with Crippen molar-refractivity contribution in [3.8, 4) is 0 Å². The number of piperidine rings is 1. The SMILES string of the molecule is O=C(c1ccco1)N1C[C@H](CN2CCC(c3ccccc3)CC2)[C@@H](c2ccccc2)C1. The third-order valence-electron chi connectivity index (χ3n) is 7.04. The van der Waals surface area contributed by atoms with Crippen LogP contribution in [-0.2, 0) is 0 Å². The number of benzene rings is 2. The number of carbonyl (C=O) groups is 1. The highest BCUT2D eigenvalue weighted by molar-refractivity contribution is 5.91. The second-order valence-corrected chi connectivity index (χ2v) is 8.95. The average molecular weight is 415 g/mol. The number of carbonyl (C=O) groups excluding carboxylic acids is 1. The standard InChI is InChI=1S/C27H30N2O2/c30-27(26-12-7-17-31-26)29-19-24(25(20-29)23-10-5-2-6-11-23)18-28-15-13-22(14-16-28)21-8-3-1-4-9-21/h1-12,17,22,24-25H,13-16,18-20H2/t24-,25+/m0/s1. The molecule has 0 saturated carbocycles. The smallest absolute Gasteiger partial charge is 0.289 e. The predicted octanol–water partition coefficient (Wildman–Crippen LogP) is 5.02. The molecule has 1 aromatic heterocycles. The van der Waals surface area contributed by atoms with Crippen LogP contribution in [0.5, 0.6) is 0 Å². The highest BCUT2D eigenvalue weighted by Crippen LogP contribution is 2.35. The molecule has 2 aliphatic heterocycles. The maximum Gasteiger partial charge on any atom is 0.289 e. The molecule has 2 saturated heterocycles. The Bertz CT molecular complexity index is 963. The first-order valence-corrected chi connectivity index (χ1v) is 11.4. The minimum absolute atomic E-state index is 0.0104. The Labute approximate surface area is 184 Å². The van der Waals surface area contributed by atoms with Crippen molar-refractivity contribution in [3.63, 3.8) is 0 Å². The van der Waals surface area contributed by atoms with Gasteiger partial charge >= 0.3 is 0 Å². The van der Waals surface area contributed by atoms with E-state index >= 15 is 0 Å². The molecule has 31 heavy (non-hydrogen) atoms. The molecule has 2 fully saturated rings. The van der Waals surface area contributed by atoms with Gasteiger partial charge in [-0.15, -0.1) is 0 Å². The Hall–Kier alpha value is -2.85. The maximum absolute atomic E-state index is 12.9. The minimum Gasteiger partial charge on any atom is -0.459 e. The van der Waals surface area contributed by atoms with Gasteiger partial charge in [0.05, 0.1) is 6.26 Å². The van der Waals surface area contributed by atoms with Gasteiger partial charge in [-0.1, -0.05) is 60.7 Å². The lowest BCUT2D eigenvalue weighted by Crippen LogP contribution is -2.38. The third-order valence-corrected chi connectivity index (χ3v) is 7.04. The van der Waals surface area contributed by atoms with E-state index in [9.17, 15) is 4.79 Å². The summed E-state index contributed by atoms with van der Waals surface area (Å²) in [5, 5.41) is 0. The van der Waals surface area contributed by atoms with Gasteiger partial charge in [-0.05, 0) is 61.0 Å². The van der Waals surface area contributed by atoms with Crippen LogP contribution in [0.3, 0.4) is 0 Å². The summed E-state index contributed by atoms with van der Waals surface area (Å²) in [6.45, 7) is 4.85. The monoisotopic (exact) mass is 414 g/mol. The van der Waals surface area contributed by atoms with Crippen LogP contribution in [-0.4, -0.2) is 48.4 Å². The number of rotatable bonds is 5. The van der Waals surface area contributed by atoms with Crippen molar-refractivity contribution < 1.29 is 9.21 Å². The highest BCUT2D eigenvalue weighted by Gasteiger charge is 2.38. The molecule has 2 aliphatic rings. The molecule has 5 rings (SSSR count). The molecule has 160 valence electrons. The average Bonchev–Trinajstić information content (AvgIpc) is 3.51. The number of furan rings is 1. The second kappa shape index (κ2) is 9.11. The van der Waals surface area contributed by atoms with Crippen LogP contribution in [0, 0.1) is 5.92 Å². The lowest BCUT2D eigenvalue weighted by molar-refractivity contribution is 0.0750. The van der Waals surface area contributed by atoms with Crippen molar-refractivity contribution in [1.82, 2.24) is 9.80 Å². The van der Waals surface area contributed by atoms with Gasteiger partial charge in [0, 0.05) is 25.6 Å². The van der Waals surface area contributed by atoms with Gasteiger partial charge in [0.1, 0.15) is 0 Å². The third kappa shape index (κ3) is 4.45. The van der Waals surface area contributed by atoms with E-state index in [-0.39, 0.29) is 5.91 Å². The van der Waals surface area contributed by atoms with Gasteiger partial charge in [-0.25, -0.2) is 0 Å². The van der Waals surface area contributed by atoms with Crippen molar-refractivity contribution in [3.05, 3.63) is 95.9 Å². The quantitative estimate of drug-likeness (QED) is 0.589. The van der Waals surface area contributed by atoms with Crippen molar-refractivity contribution in [2.45, 2.75) is 24.7 Å². The van der Waals surface area contributed by atoms with Crippen molar-refractivity contribution in [2.75, 3.05) is 32.7 Å². The van der Waals surface area contributed by atoms with Gasteiger partial charge in [0.2, 0.25) is 0 Å². The van der Waals surface area contributed by atoms with E-state index in [2.05, 4.69) is 65.6 Å². The van der Waals surface area contributed by atoms with Crippen LogP contribution < -0.4 is 0 Å². The normalized spacial score (nSPS) is 22.6. The topological polar surface area (TPSA) is 36.7 Å². The van der Waals surface area contributed by atoms with Crippen LogP contribution in [0.4, 0.5) is 0 Å². The van der Waals surface area contributed by atoms with Crippen molar-refractivity contribution in [2.24, 2.45) is 5.92 Å². The summed E-state index contributed by atoms with van der Waals surface area (Å²) in [6, 6.07) is 25.2. The van der Waals surface area contributed by atoms with Gasteiger partial charge in [0.15, 0.2) is 5.76 Å². The summed E-state index contributed by atoms with van der Waals surface area (Å²) in [5.74, 6) is 1.93. The maximum atomic E-state index is 12.9.